The Kier molecular flexibility index (Phi) is 5.83. The molecule has 2 unspecified atom stereocenters. The average Bonchev–Trinajstić information content (AvgIpc) is 2.46. The van der Waals surface area contributed by atoms with Gasteiger partial charge in [-0.2, -0.15) is 0 Å². The highest BCUT2D eigenvalue weighted by atomic mass is 16.5. The van der Waals surface area contributed by atoms with Crippen molar-refractivity contribution in [3.8, 4) is 0 Å². The van der Waals surface area contributed by atoms with E-state index in [1.54, 1.807) is 7.11 Å². The molecule has 19 heavy (non-hydrogen) atoms. The summed E-state index contributed by atoms with van der Waals surface area (Å²) >= 11 is 0. The Balaban J connectivity index is 2.06. The van der Waals surface area contributed by atoms with Crippen LogP contribution in [0.5, 0.6) is 0 Å². The van der Waals surface area contributed by atoms with E-state index >= 15 is 0 Å². The molecule has 106 valence electrons. The zero-order chi connectivity index (χ0) is 13.5. The SMILES string of the molecule is CNCC1CCCN(C(COC)c2ccccc2)C1. The Bertz CT molecular complexity index is 353. The second-order valence-corrected chi connectivity index (χ2v) is 5.44. The van der Waals surface area contributed by atoms with Gasteiger partial charge < -0.3 is 10.1 Å². The Labute approximate surface area is 116 Å². The van der Waals surface area contributed by atoms with Gasteiger partial charge in [0.2, 0.25) is 0 Å². The third-order valence-corrected chi connectivity index (χ3v) is 3.99. The van der Waals surface area contributed by atoms with Crippen molar-refractivity contribution in [1.29, 1.82) is 0 Å². The number of likely N-dealkylation sites (tertiary alicyclic amines) is 1. The van der Waals surface area contributed by atoms with Gasteiger partial charge in [-0.05, 0) is 44.5 Å². The van der Waals surface area contributed by atoms with Crippen LogP contribution in [0, 0.1) is 5.92 Å². The normalized spacial score (nSPS) is 22.3. The lowest BCUT2D eigenvalue weighted by atomic mass is 9.95. The van der Waals surface area contributed by atoms with Crippen molar-refractivity contribution in [1.82, 2.24) is 10.2 Å². The smallest absolute Gasteiger partial charge is 0.0659 e. The van der Waals surface area contributed by atoms with Crippen LogP contribution in [0.2, 0.25) is 0 Å². The highest BCUT2D eigenvalue weighted by Crippen LogP contribution is 2.26. The van der Waals surface area contributed by atoms with Crippen molar-refractivity contribution >= 4 is 0 Å². The first-order chi connectivity index (χ1) is 9.35. The minimum Gasteiger partial charge on any atom is -0.383 e. The van der Waals surface area contributed by atoms with Gasteiger partial charge in [0.25, 0.3) is 0 Å². The fourth-order valence-electron chi connectivity index (χ4n) is 3.08. The van der Waals surface area contributed by atoms with E-state index < -0.39 is 0 Å². The molecule has 0 saturated carbocycles. The molecule has 1 fully saturated rings. The first kappa shape index (κ1) is 14.5. The molecular formula is C16H26N2O. The molecule has 1 heterocycles. The molecule has 0 radical (unpaired) electrons. The summed E-state index contributed by atoms with van der Waals surface area (Å²) in [7, 11) is 3.84. The molecular weight excluding hydrogens is 236 g/mol. The average molecular weight is 262 g/mol. The summed E-state index contributed by atoms with van der Waals surface area (Å²) in [5, 5.41) is 3.31. The van der Waals surface area contributed by atoms with Crippen LogP contribution in [-0.4, -0.2) is 45.3 Å². The third kappa shape index (κ3) is 4.03. The predicted octanol–water partition coefficient (Wildman–Crippen LogP) is 2.31. The first-order valence-corrected chi connectivity index (χ1v) is 7.27. The van der Waals surface area contributed by atoms with E-state index in [9.17, 15) is 0 Å². The molecule has 0 amide bonds. The highest BCUT2D eigenvalue weighted by molar-refractivity contribution is 5.19. The van der Waals surface area contributed by atoms with Crippen molar-refractivity contribution in [2.75, 3.05) is 40.4 Å². The van der Waals surface area contributed by atoms with Gasteiger partial charge in [-0.25, -0.2) is 0 Å². The van der Waals surface area contributed by atoms with Gasteiger partial charge >= 0.3 is 0 Å². The molecule has 3 nitrogen and oxygen atoms in total. The summed E-state index contributed by atoms with van der Waals surface area (Å²) in [6.07, 6.45) is 2.63. The largest absolute Gasteiger partial charge is 0.383 e. The van der Waals surface area contributed by atoms with Gasteiger partial charge in [0.05, 0.1) is 12.6 Å². The highest BCUT2D eigenvalue weighted by Gasteiger charge is 2.26. The van der Waals surface area contributed by atoms with Gasteiger partial charge in [0.1, 0.15) is 0 Å². The summed E-state index contributed by atoms with van der Waals surface area (Å²) in [6.45, 7) is 4.24. The van der Waals surface area contributed by atoms with Gasteiger partial charge in [-0.3, -0.25) is 4.90 Å². The van der Waals surface area contributed by atoms with Crippen LogP contribution in [0.4, 0.5) is 0 Å². The molecule has 2 atom stereocenters. The van der Waals surface area contributed by atoms with E-state index in [0.29, 0.717) is 6.04 Å². The molecule has 1 N–H and O–H groups in total. The van der Waals surface area contributed by atoms with Crippen LogP contribution in [0.3, 0.4) is 0 Å². The quantitative estimate of drug-likeness (QED) is 0.851. The van der Waals surface area contributed by atoms with E-state index in [0.717, 1.165) is 19.1 Å². The summed E-state index contributed by atoms with van der Waals surface area (Å²) in [5.74, 6) is 0.766. The molecule has 3 heteroatoms. The van der Waals surface area contributed by atoms with Gasteiger partial charge in [-0.1, -0.05) is 30.3 Å². The number of piperidine rings is 1. The second-order valence-electron chi connectivity index (χ2n) is 5.44. The molecule has 1 aliphatic rings. The fourth-order valence-corrected chi connectivity index (χ4v) is 3.08. The topological polar surface area (TPSA) is 24.5 Å². The molecule has 2 rings (SSSR count). The van der Waals surface area contributed by atoms with Gasteiger partial charge in [-0.15, -0.1) is 0 Å². The van der Waals surface area contributed by atoms with Gasteiger partial charge in [0.15, 0.2) is 0 Å². The van der Waals surface area contributed by atoms with E-state index in [1.165, 1.54) is 31.5 Å². The van der Waals surface area contributed by atoms with Crippen molar-refractivity contribution in [3.63, 3.8) is 0 Å². The maximum absolute atomic E-state index is 5.45. The van der Waals surface area contributed by atoms with Crippen molar-refractivity contribution in [3.05, 3.63) is 35.9 Å². The summed E-state index contributed by atoms with van der Waals surface area (Å²) in [4.78, 5) is 2.59. The number of hydrogen-bond acceptors (Lipinski definition) is 3. The minimum atomic E-state index is 0.394. The Morgan fingerprint density at radius 3 is 2.84 bits per heavy atom. The van der Waals surface area contributed by atoms with Crippen LogP contribution in [0.1, 0.15) is 24.4 Å². The maximum atomic E-state index is 5.45. The molecule has 0 spiro atoms. The lowest BCUT2D eigenvalue weighted by Gasteiger charge is -2.38. The number of methoxy groups -OCH3 is 1. The van der Waals surface area contributed by atoms with Crippen LogP contribution in [-0.2, 0) is 4.74 Å². The summed E-state index contributed by atoms with van der Waals surface area (Å²) in [5.41, 5.74) is 1.37. The number of nitrogens with one attached hydrogen (secondary N) is 1. The number of benzene rings is 1. The number of rotatable bonds is 6. The monoisotopic (exact) mass is 262 g/mol. The Hall–Kier alpha value is -0.900. The lowest BCUT2D eigenvalue weighted by Crippen LogP contribution is -2.42. The fraction of sp³-hybridized carbons (Fsp3) is 0.625. The lowest BCUT2D eigenvalue weighted by molar-refractivity contribution is 0.0591. The van der Waals surface area contributed by atoms with E-state index in [4.69, 9.17) is 4.74 Å². The first-order valence-electron chi connectivity index (χ1n) is 7.27. The molecule has 1 saturated heterocycles. The van der Waals surface area contributed by atoms with Gasteiger partial charge in [0, 0.05) is 13.7 Å². The second kappa shape index (κ2) is 7.63. The predicted molar refractivity (Wildman–Crippen MR) is 79.3 cm³/mol. The molecule has 0 aliphatic carbocycles. The van der Waals surface area contributed by atoms with Crippen molar-refractivity contribution in [2.45, 2.75) is 18.9 Å². The van der Waals surface area contributed by atoms with E-state index in [-0.39, 0.29) is 0 Å². The number of hydrogen-bond donors (Lipinski definition) is 1. The van der Waals surface area contributed by atoms with Crippen molar-refractivity contribution in [2.24, 2.45) is 5.92 Å². The van der Waals surface area contributed by atoms with Crippen LogP contribution in [0.15, 0.2) is 30.3 Å². The summed E-state index contributed by atoms with van der Waals surface area (Å²) in [6, 6.07) is 11.1. The van der Waals surface area contributed by atoms with Crippen LogP contribution >= 0.6 is 0 Å². The molecule has 1 aliphatic heterocycles. The number of nitrogens with zero attached hydrogens (tertiary/aromatic N) is 1. The molecule has 0 aromatic heterocycles. The summed E-state index contributed by atoms with van der Waals surface area (Å²) < 4.78 is 5.45. The standard InChI is InChI=1S/C16H26N2O/c1-17-11-14-7-6-10-18(12-14)16(13-19-2)15-8-4-3-5-9-15/h3-5,8-9,14,16-17H,6-7,10-13H2,1-2H3. The Morgan fingerprint density at radius 2 is 2.16 bits per heavy atom. The van der Waals surface area contributed by atoms with Crippen molar-refractivity contribution < 1.29 is 4.74 Å². The van der Waals surface area contributed by atoms with E-state index in [1.807, 2.05) is 7.05 Å². The number of ether oxygens (including phenoxy) is 1. The van der Waals surface area contributed by atoms with Crippen LogP contribution in [0.25, 0.3) is 0 Å². The maximum Gasteiger partial charge on any atom is 0.0659 e. The Morgan fingerprint density at radius 1 is 1.37 bits per heavy atom. The third-order valence-electron chi connectivity index (χ3n) is 3.99. The van der Waals surface area contributed by atoms with Crippen LogP contribution < -0.4 is 5.32 Å². The molecule has 1 aromatic carbocycles. The zero-order valence-electron chi connectivity index (χ0n) is 12.1. The molecule has 0 bridgehead atoms. The molecule has 1 aromatic rings. The minimum absolute atomic E-state index is 0.394. The van der Waals surface area contributed by atoms with E-state index in [2.05, 4.69) is 40.5 Å². The zero-order valence-corrected chi connectivity index (χ0v) is 12.1.